The van der Waals surface area contributed by atoms with Crippen LogP contribution in [-0.2, 0) is 0 Å². The summed E-state index contributed by atoms with van der Waals surface area (Å²) in [5, 5.41) is 3.62. The number of likely N-dealkylation sites (tertiary alicyclic amines) is 1. The molecular weight excluding hydrogens is 196 g/mol. The topological polar surface area (TPSA) is 15.3 Å². The first-order valence-electron chi connectivity index (χ1n) is 7.14. The van der Waals surface area contributed by atoms with Gasteiger partial charge in [0.2, 0.25) is 0 Å². The summed E-state index contributed by atoms with van der Waals surface area (Å²) in [7, 11) is 0. The van der Waals surface area contributed by atoms with Crippen LogP contribution in [0.5, 0.6) is 0 Å². The Morgan fingerprint density at radius 1 is 1.06 bits per heavy atom. The van der Waals surface area contributed by atoms with Gasteiger partial charge < -0.3 is 10.2 Å². The van der Waals surface area contributed by atoms with Crippen molar-refractivity contribution in [1.82, 2.24) is 10.2 Å². The van der Waals surface area contributed by atoms with Crippen molar-refractivity contribution in [3.63, 3.8) is 0 Å². The highest BCUT2D eigenvalue weighted by atomic mass is 15.1. The molecule has 2 nitrogen and oxygen atoms in total. The van der Waals surface area contributed by atoms with E-state index in [0.29, 0.717) is 6.04 Å². The van der Waals surface area contributed by atoms with E-state index >= 15 is 0 Å². The van der Waals surface area contributed by atoms with Crippen molar-refractivity contribution in [3.05, 3.63) is 0 Å². The summed E-state index contributed by atoms with van der Waals surface area (Å²) in [5.74, 6) is 0.812. The SMILES string of the molecule is CC(C)CC(C)NCCCCN1CCCC1. The van der Waals surface area contributed by atoms with Crippen LogP contribution in [0.15, 0.2) is 0 Å². The monoisotopic (exact) mass is 226 g/mol. The second kappa shape index (κ2) is 8.08. The van der Waals surface area contributed by atoms with Gasteiger partial charge in [0.1, 0.15) is 0 Å². The van der Waals surface area contributed by atoms with Crippen molar-refractivity contribution in [3.8, 4) is 0 Å². The molecule has 1 fully saturated rings. The first-order chi connectivity index (χ1) is 7.68. The Hall–Kier alpha value is -0.0800. The van der Waals surface area contributed by atoms with E-state index in [1.54, 1.807) is 0 Å². The molecule has 1 N–H and O–H groups in total. The second-order valence-electron chi connectivity index (χ2n) is 5.74. The summed E-state index contributed by atoms with van der Waals surface area (Å²) < 4.78 is 0. The Bertz CT molecular complexity index is 162. The highest BCUT2D eigenvalue weighted by Gasteiger charge is 2.10. The van der Waals surface area contributed by atoms with Gasteiger partial charge in [0.15, 0.2) is 0 Å². The quantitative estimate of drug-likeness (QED) is 0.640. The maximum atomic E-state index is 3.62. The van der Waals surface area contributed by atoms with E-state index in [0.717, 1.165) is 5.92 Å². The van der Waals surface area contributed by atoms with Gasteiger partial charge in [-0.15, -0.1) is 0 Å². The number of nitrogens with one attached hydrogen (secondary N) is 1. The molecule has 1 unspecified atom stereocenters. The van der Waals surface area contributed by atoms with Crippen molar-refractivity contribution in [2.75, 3.05) is 26.2 Å². The summed E-state index contributed by atoms with van der Waals surface area (Å²) >= 11 is 0. The highest BCUT2D eigenvalue weighted by molar-refractivity contribution is 4.67. The third-order valence-corrected chi connectivity index (χ3v) is 3.42. The molecule has 1 heterocycles. The predicted molar refractivity (Wildman–Crippen MR) is 71.8 cm³/mol. The van der Waals surface area contributed by atoms with Crippen LogP contribution in [0.4, 0.5) is 0 Å². The zero-order valence-electron chi connectivity index (χ0n) is 11.5. The van der Waals surface area contributed by atoms with Gasteiger partial charge in [-0.3, -0.25) is 0 Å². The minimum Gasteiger partial charge on any atom is -0.314 e. The largest absolute Gasteiger partial charge is 0.314 e. The van der Waals surface area contributed by atoms with Gasteiger partial charge in [0.25, 0.3) is 0 Å². The summed E-state index contributed by atoms with van der Waals surface area (Å²) in [6, 6.07) is 0.687. The van der Waals surface area contributed by atoms with Gasteiger partial charge in [-0.1, -0.05) is 13.8 Å². The maximum Gasteiger partial charge on any atom is 0.00411 e. The lowest BCUT2D eigenvalue weighted by atomic mass is 10.1. The number of rotatable bonds is 8. The van der Waals surface area contributed by atoms with Crippen LogP contribution in [0, 0.1) is 5.92 Å². The van der Waals surface area contributed by atoms with Crippen LogP contribution in [0.25, 0.3) is 0 Å². The van der Waals surface area contributed by atoms with Crippen LogP contribution < -0.4 is 5.32 Å². The molecule has 16 heavy (non-hydrogen) atoms. The molecule has 0 aromatic heterocycles. The molecule has 1 rings (SSSR count). The highest BCUT2D eigenvalue weighted by Crippen LogP contribution is 2.08. The Morgan fingerprint density at radius 2 is 1.75 bits per heavy atom. The van der Waals surface area contributed by atoms with Gasteiger partial charge in [-0.05, 0) is 71.1 Å². The minimum absolute atomic E-state index is 0.687. The molecule has 0 amide bonds. The summed E-state index contributed by atoms with van der Waals surface area (Å²) in [4.78, 5) is 2.61. The first-order valence-corrected chi connectivity index (χ1v) is 7.14. The van der Waals surface area contributed by atoms with Gasteiger partial charge in [0, 0.05) is 6.04 Å². The van der Waals surface area contributed by atoms with E-state index in [2.05, 4.69) is 31.0 Å². The molecule has 1 aliphatic heterocycles. The van der Waals surface area contributed by atoms with E-state index in [9.17, 15) is 0 Å². The molecule has 96 valence electrons. The Kier molecular flexibility index (Phi) is 7.06. The van der Waals surface area contributed by atoms with Crippen LogP contribution in [0.3, 0.4) is 0 Å². The standard InChI is InChI=1S/C14H30N2/c1-13(2)12-14(3)15-8-4-5-9-16-10-6-7-11-16/h13-15H,4-12H2,1-3H3. The molecule has 0 spiro atoms. The molecule has 1 atom stereocenters. The molecule has 1 aliphatic rings. The minimum atomic E-state index is 0.687. The number of hydrogen-bond acceptors (Lipinski definition) is 2. The molecule has 0 bridgehead atoms. The fourth-order valence-corrected chi connectivity index (χ4v) is 2.61. The van der Waals surface area contributed by atoms with E-state index in [-0.39, 0.29) is 0 Å². The molecule has 0 aliphatic carbocycles. The van der Waals surface area contributed by atoms with Crippen molar-refractivity contribution < 1.29 is 0 Å². The van der Waals surface area contributed by atoms with Crippen molar-refractivity contribution in [2.45, 2.75) is 58.9 Å². The summed E-state index contributed by atoms with van der Waals surface area (Å²) in [6.07, 6.45) is 6.83. The van der Waals surface area contributed by atoms with Crippen LogP contribution in [-0.4, -0.2) is 37.1 Å². The van der Waals surface area contributed by atoms with Crippen LogP contribution in [0.2, 0.25) is 0 Å². The lowest BCUT2D eigenvalue weighted by molar-refractivity contribution is 0.326. The number of nitrogens with zero attached hydrogens (tertiary/aromatic N) is 1. The summed E-state index contributed by atoms with van der Waals surface area (Å²) in [5.41, 5.74) is 0. The molecule has 0 radical (unpaired) electrons. The average molecular weight is 226 g/mol. The Morgan fingerprint density at radius 3 is 2.38 bits per heavy atom. The second-order valence-corrected chi connectivity index (χ2v) is 5.74. The molecule has 0 saturated carbocycles. The molecular formula is C14H30N2. The average Bonchev–Trinajstić information content (AvgIpc) is 2.68. The third-order valence-electron chi connectivity index (χ3n) is 3.42. The zero-order chi connectivity index (χ0) is 11.8. The van der Waals surface area contributed by atoms with E-state index < -0.39 is 0 Å². The molecule has 0 aromatic carbocycles. The van der Waals surface area contributed by atoms with Crippen molar-refractivity contribution in [2.24, 2.45) is 5.92 Å². The zero-order valence-corrected chi connectivity index (χ0v) is 11.5. The predicted octanol–water partition coefficient (Wildman–Crippen LogP) is 2.89. The fraction of sp³-hybridized carbons (Fsp3) is 1.00. The Labute approximate surface area is 102 Å². The fourth-order valence-electron chi connectivity index (χ4n) is 2.61. The first kappa shape index (κ1) is 14.0. The third kappa shape index (κ3) is 6.49. The summed E-state index contributed by atoms with van der Waals surface area (Å²) in [6.45, 7) is 12.1. The van der Waals surface area contributed by atoms with Crippen molar-refractivity contribution in [1.29, 1.82) is 0 Å². The van der Waals surface area contributed by atoms with Gasteiger partial charge in [-0.2, -0.15) is 0 Å². The Balaban J connectivity index is 1.87. The van der Waals surface area contributed by atoms with Crippen LogP contribution in [0.1, 0.15) is 52.9 Å². The lowest BCUT2D eigenvalue weighted by Gasteiger charge is -2.17. The van der Waals surface area contributed by atoms with Gasteiger partial charge in [0.05, 0.1) is 0 Å². The van der Waals surface area contributed by atoms with E-state index in [1.165, 1.54) is 58.3 Å². The number of hydrogen-bond donors (Lipinski definition) is 1. The van der Waals surface area contributed by atoms with Gasteiger partial charge in [-0.25, -0.2) is 0 Å². The molecule has 1 saturated heterocycles. The molecule has 0 aromatic rings. The van der Waals surface area contributed by atoms with E-state index in [4.69, 9.17) is 0 Å². The lowest BCUT2D eigenvalue weighted by Crippen LogP contribution is -2.29. The number of unbranched alkanes of at least 4 members (excludes halogenated alkanes) is 1. The maximum absolute atomic E-state index is 3.62. The molecule has 2 heteroatoms. The van der Waals surface area contributed by atoms with E-state index in [1.807, 2.05) is 0 Å². The van der Waals surface area contributed by atoms with Crippen LogP contribution >= 0.6 is 0 Å². The normalized spacial score (nSPS) is 19.5. The van der Waals surface area contributed by atoms with Crippen molar-refractivity contribution >= 4 is 0 Å². The van der Waals surface area contributed by atoms with Gasteiger partial charge >= 0.3 is 0 Å². The smallest absolute Gasteiger partial charge is 0.00411 e.